The Morgan fingerprint density at radius 1 is 1.60 bits per heavy atom. The van der Waals surface area contributed by atoms with Crippen LogP contribution in [0.25, 0.3) is 0 Å². The predicted molar refractivity (Wildman–Crippen MR) is 61.5 cm³/mol. The van der Waals surface area contributed by atoms with Crippen LogP contribution < -0.4 is 5.32 Å². The first-order valence-corrected chi connectivity index (χ1v) is 5.74. The molecule has 0 amide bonds. The van der Waals surface area contributed by atoms with Gasteiger partial charge in [-0.3, -0.25) is 5.10 Å². The van der Waals surface area contributed by atoms with Gasteiger partial charge in [-0.25, -0.2) is 0 Å². The summed E-state index contributed by atoms with van der Waals surface area (Å²) in [5.41, 5.74) is 1.17. The number of nitrogens with zero attached hydrogens (tertiary/aromatic N) is 1. The monoisotopic (exact) mass is 205 g/mol. The van der Waals surface area contributed by atoms with Crippen molar-refractivity contribution in [3.05, 3.63) is 30.1 Å². The van der Waals surface area contributed by atoms with E-state index in [1.165, 1.54) is 25.0 Å². The summed E-state index contributed by atoms with van der Waals surface area (Å²) in [5, 5.41) is 10.5. The fourth-order valence-electron chi connectivity index (χ4n) is 2.00. The molecule has 0 radical (unpaired) electrons. The van der Waals surface area contributed by atoms with Gasteiger partial charge in [0.25, 0.3) is 0 Å². The van der Waals surface area contributed by atoms with Crippen LogP contribution in [-0.4, -0.2) is 16.7 Å². The van der Waals surface area contributed by atoms with E-state index in [9.17, 15) is 0 Å². The standard InChI is InChI=1S/C12H19N3/c1-10(12-7-8-14-15-12)13-9-11-5-3-2-4-6-11/h2-3,7-8,10-11,13H,4-6,9H2,1H3,(H,14,15). The highest BCUT2D eigenvalue weighted by Crippen LogP contribution is 2.18. The second kappa shape index (κ2) is 5.12. The summed E-state index contributed by atoms with van der Waals surface area (Å²) in [5.74, 6) is 0.806. The van der Waals surface area contributed by atoms with Gasteiger partial charge in [-0.05, 0) is 44.7 Å². The third-order valence-corrected chi connectivity index (χ3v) is 3.08. The van der Waals surface area contributed by atoms with Crippen molar-refractivity contribution in [2.75, 3.05) is 6.54 Å². The van der Waals surface area contributed by atoms with E-state index < -0.39 is 0 Å². The number of rotatable bonds is 4. The second-order valence-electron chi connectivity index (χ2n) is 4.29. The Hall–Kier alpha value is -1.09. The first-order valence-electron chi connectivity index (χ1n) is 5.74. The molecule has 2 N–H and O–H groups in total. The number of aromatic nitrogens is 2. The zero-order chi connectivity index (χ0) is 10.5. The third-order valence-electron chi connectivity index (χ3n) is 3.08. The van der Waals surface area contributed by atoms with Crippen LogP contribution in [0.3, 0.4) is 0 Å². The molecule has 15 heavy (non-hydrogen) atoms. The molecule has 2 unspecified atom stereocenters. The summed E-state index contributed by atoms with van der Waals surface area (Å²) < 4.78 is 0. The largest absolute Gasteiger partial charge is 0.309 e. The second-order valence-corrected chi connectivity index (χ2v) is 4.29. The Bertz CT molecular complexity index is 303. The maximum absolute atomic E-state index is 3.96. The summed E-state index contributed by atoms with van der Waals surface area (Å²) in [6, 6.07) is 2.40. The van der Waals surface area contributed by atoms with E-state index in [4.69, 9.17) is 0 Å². The topological polar surface area (TPSA) is 40.7 Å². The van der Waals surface area contributed by atoms with Crippen LogP contribution in [0.4, 0.5) is 0 Å². The lowest BCUT2D eigenvalue weighted by molar-refractivity contribution is 0.412. The molecule has 0 bridgehead atoms. The van der Waals surface area contributed by atoms with Crippen molar-refractivity contribution in [3.8, 4) is 0 Å². The van der Waals surface area contributed by atoms with Crippen LogP contribution in [0, 0.1) is 5.92 Å². The molecule has 1 aliphatic rings. The molecule has 82 valence electrons. The predicted octanol–water partition coefficient (Wildman–Crippen LogP) is 2.42. The number of allylic oxidation sites excluding steroid dienone is 2. The molecule has 1 heterocycles. The quantitative estimate of drug-likeness (QED) is 0.741. The average molecular weight is 205 g/mol. The molecular weight excluding hydrogens is 186 g/mol. The van der Waals surface area contributed by atoms with E-state index in [1.54, 1.807) is 6.20 Å². The normalized spacial score (nSPS) is 22.9. The number of H-pyrrole nitrogens is 1. The van der Waals surface area contributed by atoms with Gasteiger partial charge in [0.2, 0.25) is 0 Å². The van der Waals surface area contributed by atoms with Gasteiger partial charge in [0, 0.05) is 12.2 Å². The Balaban J connectivity index is 1.75. The lowest BCUT2D eigenvalue weighted by Crippen LogP contribution is -2.26. The molecule has 3 heteroatoms. The lowest BCUT2D eigenvalue weighted by Gasteiger charge is -2.20. The third kappa shape index (κ3) is 2.93. The molecule has 1 aliphatic carbocycles. The minimum Gasteiger partial charge on any atom is -0.309 e. The zero-order valence-corrected chi connectivity index (χ0v) is 9.24. The minimum atomic E-state index is 0.374. The molecule has 2 rings (SSSR count). The number of nitrogens with one attached hydrogen (secondary N) is 2. The highest BCUT2D eigenvalue weighted by atomic mass is 15.1. The van der Waals surface area contributed by atoms with E-state index in [-0.39, 0.29) is 0 Å². The van der Waals surface area contributed by atoms with Gasteiger partial charge in [0.05, 0.1) is 5.69 Å². The summed E-state index contributed by atoms with van der Waals surface area (Å²) in [7, 11) is 0. The van der Waals surface area contributed by atoms with Crippen molar-refractivity contribution >= 4 is 0 Å². The molecule has 0 aliphatic heterocycles. The molecule has 1 aromatic rings. The highest BCUT2D eigenvalue weighted by molar-refractivity contribution is 5.03. The van der Waals surface area contributed by atoms with Gasteiger partial charge in [-0.15, -0.1) is 0 Å². The minimum absolute atomic E-state index is 0.374. The van der Waals surface area contributed by atoms with E-state index in [2.05, 4.69) is 34.6 Å². The fraction of sp³-hybridized carbons (Fsp3) is 0.583. The molecule has 3 nitrogen and oxygen atoms in total. The van der Waals surface area contributed by atoms with Crippen molar-refractivity contribution in [2.24, 2.45) is 5.92 Å². The highest BCUT2D eigenvalue weighted by Gasteiger charge is 2.12. The summed E-state index contributed by atoms with van der Waals surface area (Å²) in [4.78, 5) is 0. The van der Waals surface area contributed by atoms with Gasteiger partial charge in [0.1, 0.15) is 0 Å². The SMILES string of the molecule is CC(NCC1CC=CCC1)c1ccn[nH]1. The first kappa shape index (κ1) is 10.4. The van der Waals surface area contributed by atoms with Crippen LogP contribution >= 0.6 is 0 Å². The van der Waals surface area contributed by atoms with Crippen molar-refractivity contribution in [1.82, 2.24) is 15.5 Å². The summed E-state index contributed by atoms with van der Waals surface area (Å²) >= 11 is 0. The van der Waals surface area contributed by atoms with Crippen molar-refractivity contribution in [1.29, 1.82) is 0 Å². The zero-order valence-electron chi connectivity index (χ0n) is 9.24. The fourth-order valence-corrected chi connectivity index (χ4v) is 2.00. The number of hydrogen-bond acceptors (Lipinski definition) is 2. The van der Waals surface area contributed by atoms with Crippen LogP contribution in [-0.2, 0) is 0 Å². The van der Waals surface area contributed by atoms with Gasteiger partial charge in [-0.1, -0.05) is 12.2 Å². The summed E-state index contributed by atoms with van der Waals surface area (Å²) in [6.45, 7) is 3.27. The number of hydrogen-bond donors (Lipinski definition) is 2. The van der Waals surface area contributed by atoms with E-state index in [1.807, 2.05) is 6.07 Å². The molecule has 0 fully saturated rings. The molecular formula is C12H19N3. The van der Waals surface area contributed by atoms with Gasteiger partial charge in [0.15, 0.2) is 0 Å². The van der Waals surface area contributed by atoms with Crippen molar-refractivity contribution in [3.63, 3.8) is 0 Å². The lowest BCUT2D eigenvalue weighted by atomic mass is 9.94. The van der Waals surface area contributed by atoms with Gasteiger partial charge < -0.3 is 5.32 Å². The molecule has 1 aromatic heterocycles. The first-order chi connectivity index (χ1) is 7.36. The molecule has 2 atom stereocenters. The van der Waals surface area contributed by atoms with Gasteiger partial charge >= 0.3 is 0 Å². The molecule has 0 aromatic carbocycles. The smallest absolute Gasteiger partial charge is 0.0518 e. The Kier molecular flexibility index (Phi) is 3.56. The van der Waals surface area contributed by atoms with E-state index in [0.29, 0.717) is 6.04 Å². The molecule has 0 saturated heterocycles. The average Bonchev–Trinajstić information content (AvgIpc) is 2.81. The molecule has 0 spiro atoms. The van der Waals surface area contributed by atoms with Crippen molar-refractivity contribution in [2.45, 2.75) is 32.2 Å². The van der Waals surface area contributed by atoms with E-state index in [0.717, 1.165) is 12.5 Å². The Morgan fingerprint density at radius 3 is 3.20 bits per heavy atom. The summed E-state index contributed by atoms with van der Waals surface area (Å²) in [6.07, 6.45) is 10.2. The van der Waals surface area contributed by atoms with Gasteiger partial charge in [-0.2, -0.15) is 5.10 Å². The maximum Gasteiger partial charge on any atom is 0.0518 e. The van der Waals surface area contributed by atoms with Crippen molar-refractivity contribution < 1.29 is 0 Å². The van der Waals surface area contributed by atoms with Crippen LogP contribution in [0.15, 0.2) is 24.4 Å². The van der Waals surface area contributed by atoms with E-state index >= 15 is 0 Å². The number of aromatic amines is 1. The molecule has 0 saturated carbocycles. The Labute approximate surface area is 91.0 Å². The van der Waals surface area contributed by atoms with Crippen LogP contribution in [0.2, 0.25) is 0 Å². The maximum atomic E-state index is 3.96. The van der Waals surface area contributed by atoms with Crippen LogP contribution in [0.1, 0.15) is 37.9 Å². The Morgan fingerprint density at radius 2 is 2.53 bits per heavy atom. The van der Waals surface area contributed by atoms with Crippen LogP contribution in [0.5, 0.6) is 0 Å².